The average molecular weight is 544 g/mol. The van der Waals surface area contributed by atoms with Crippen LogP contribution in [0.2, 0.25) is 0 Å². The van der Waals surface area contributed by atoms with E-state index < -0.39 is 6.10 Å². The van der Waals surface area contributed by atoms with Gasteiger partial charge in [0.25, 0.3) is 0 Å². The predicted octanol–water partition coefficient (Wildman–Crippen LogP) is 9.92. The highest BCUT2D eigenvalue weighted by molar-refractivity contribution is 7.09. The van der Waals surface area contributed by atoms with Crippen LogP contribution in [0.1, 0.15) is 168 Å². The van der Waals surface area contributed by atoms with Gasteiger partial charge in [-0.1, -0.05) is 142 Å². The van der Waals surface area contributed by atoms with E-state index in [2.05, 4.69) is 23.3 Å². The molecule has 1 atom stereocenters. The Kier molecular flexibility index (Phi) is 29.3. The Labute approximate surface area is 232 Å². The maximum Gasteiger partial charge on any atom is 0.306 e. The maximum atomic E-state index is 12.2. The van der Waals surface area contributed by atoms with Crippen molar-refractivity contribution in [3.05, 3.63) is 0 Å². The van der Waals surface area contributed by atoms with Gasteiger partial charge in [-0.25, -0.2) is 0 Å². The van der Waals surface area contributed by atoms with Gasteiger partial charge in [0.05, 0.1) is 6.61 Å². The van der Waals surface area contributed by atoms with E-state index >= 15 is 0 Å². The number of rotatable bonds is 29. The third-order valence-corrected chi connectivity index (χ3v) is 7.13. The Morgan fingerprint density at radius 2 is 0.865 bits per heavy atom. The summed E-state index contributed by atoms with van der Waals surface area (Å²) >= 11 is 0. The second-order valence-electron chi connectivity index (χ2n) is 10.7. The molecule has 37 heavy (non-hydrogen) atoms. The van der Waals surface area contributed by atoms with Gasteiger partial charge in [0.15, 0.2) is 6.10 Å². The highest BCUT2D eigenvalue weighted by Gasteiger charge is 2.16. The maximum absolute atomic E-state index is 12.2. The van der Waals surface area contributed by atoms with Crippen LogP contribution in [0.3, 0.4) is 0 Å². The lowest BCUT2D eigenvalue weighted by Gasteiger charge is -2.20. The van der Waals surface area contributed by atoms with Crippen LogP contribution in [0, 0.1) is 0 Å². The molecule has 0 aromatic carbocycles. The molecular formula is C31H60O5P-. The number of hydrogen-bond donors (Lipinski definition) is 0. The molecule has 0 bridgehead atoms. The molecule has 0 saturated carbocycles. The van der Waals surface area contributed by atoms with E-state index in [1.54, 1.807) is 0 Å². The summed E-state index contributed by atoms with van der Waals surface area (Å²) in [4.78, 5) is 24.3. The molecule has 220 valence electrons. The molecule has 1 unspecified atom stereocenters. The first-order valence-corrected chi connectivity index (χ1v) is 16.2. The molecule has 0 rings (SSSR count). The lowest BCUT2D eigenvalue weighted by Crippen LogP contribution is -2.28. The lowest BCUT2D eigenvalue weighted by atomic mass is 10.1. The van der Waals surface area contributed by atoms with Crippen LogP contribution in [0.5, 0.6) is 0 Å². The second kappa shape index (κ2) is 29.9. The van der Waals surface area contributed by atoms with E-state index in [1.807, 2.05) is 0 Å². The summed E-state index contributed by atoms with van der Waals surface area (Å²) < 4.78 is 15.8. The molecule has 0 radical (unpaired) electrons. The summed E-state index contributed by atoms with van der Waals surface area (Å²) in [5.74, 6) is -0.470. The number of esters is 2. The van der Waals surface area contributed by atoms with Crippen molar-refractivity contribution in [1.82, 2.24) is 0 Å². The molecule has 0 aliphatic rings. The Hall–Kier alpha value is -0.670. The van der Waals surface area contributed by atoms with E-state index in [1.165, 1.54) is 116 Å². The predicted molar refractivity (Wildman–Crippen MR) is 157 cm³/mol. The summed E-state index contributed by atoms with van der Waals surface area (Å²) in [5, 5.41) is 0. The molecule has 0 heterocycles. The topological polar surface area (TPSA) is 61.8 Å². The van der Waals surface area contributed by atoms with Crippen LogP contribution in [0.4, 0.5) is 0 Å². The molecule has 0 aromatic heterocycles. The van der Waals surface area contributed by atoms with Crippen LogP contribution in [0.15, 0.2) is 0 Å². The first-order valence-electron chi connectivity index (χ1n) is 15.8. The minimum Gasteiger partial charge on any atom is -0.558 e. The highest BCUT2D eigenvalue weighted by atomic mass is 31.0. The van der Waals surface area contributed by atoms with E-state index in [0.29, 0.717) is 12.8 Å². The fraction of sp³-hybridized carbons (Fsp3) is 0.935. The van der Waals surface area contributed by atoms with Crippen molar-refractivity contribution in [2.45, 2.75) is 174 Å². The molecule has 5 nitrogen and oxygen atoms in total. The van der Waals surface area contributed by atoms with Crippen LogP contribution < -0.4 is 0 Å². The minimum absolute atomic E-state index is 0.0470. The van der Waals surface area contributed by atoms with Gasteiger partial charge in [0, 0.05) is 12.8 Å². The lowest BCUT2D eigenvalue weighted by molar-refractivity contribution is -0.160. The molecule has 0 spiro atoms. The van der Waals surface area contributed by atoms with Crippen LogP contribution in [0.25, 0.3) is 0 Å². The summed E-state index contributed by atoms with van der Waals surface area (Å²) in [6, 6.07) is 0. The van der Waals surface area contributed by atoms with Gasteiger partial charge in [-0.2, -0.15) is 0 Å². The summed E-state index contributed by atoms with van der Waals surface area (Å²) in [6.45, 7) is 4.71. The average Bonchev–Trinajstić information content (AvgIpc) is 2.89. The van der Waals surface area contributed by atoms with Gasteiger partial charge >= 0.3 is 11.9 Å². The van der Waals surface area contributed by atoms with Crippen molar-refractivity contribution in [2.75, 3.05) is 13.2 Å². The Morgan fingerprint density at radius 3 is 1.24 bits per heavy atom. The van der Waals surface area contributed by atoms with Crippen molar-refractivity contribution in [3.63, 3.8) is 0 Å². The molecule has 0 aromatic rings. The third kappa shape index (κ3) is 28.2. The number of carbonyl (C=O) groups excluding carboxylic acids is 2. The van der Waals surface area contributed by atoms with Gasteiger partial charge in [-0.05, 0) is 12.8 Å². The molecule has 6 heteroatoms. The second-order valence-corrected chi connectivity index (χ2v) is 11.0. The van der Waals surface area contributed by atoms with Gasteiger partial charge in [-0.3, -0.25) is 9.59 Å². The van der Waals surface area contributed by atoms with Crippen molar-refractivity contribution >= 4 is 21.4 Å². The molecule has 0 saturated heterocycles. The van der Waals surface area contributed by atoms with E-state index in [9.17, 15) is 9.59 Å². The number of carbonyl (C=O) groups is 2. The summed E-state index contributed by atoms with van der Waals surface area (Å²) in [5.41, 5.74) is 0. The fourth-order valence-corrected chi connectivity index (χ4v) is 4.76. The first-order chi connectivity index (χ1) is 18.1. The number of unbranched alkanes of at least 4 members (excludes halogenated alkanes) is 20. The Morgan fingerprint density at radius 1 is 0.514 bits per heavy atom. The van der Waals surface area contributed by atoms with Gasteiger partial charge in [0.2, 0.25) is 0 Å². The van der Waals surface area contributed by atoms with Crippen molar-refractivity contribution in [3.8, 4) is 0 Å². The van der Waals surface area contributed by atoms with Gasteiger partial charge in [0.1, 0.15) is 6.61 Å². The quantitative estimate of drug-likeness (QED) is 0.0533. The molecule has 0 aliphatic heterocycles. The zero-order valence-corrected chi connectivity index (χ0v) is 25.5. The highest BCUT2D eigenvalue weighted by Crippen LogP contribution is 2.14. The largest absolute Gasteiger partial charge is 0.558 e. The molecule has 0 aliphatic carbocycles. The zero-order chi connectivity index (χ0) is 27.2. The SMILES string of the molecule is CCCCCCCCCCCCCC(=O)OCC(CO[PH-])OC(=O)CCCCCCCCCCCCC. The standard InChI is InChI=1S/C31H60O5P/c1-3-5-7-9-11-13-15-17-19-21-23-25-30(32)34-27-29(28-35-37)36-31(33)26-24-22-20-18-16-14-12-10-8-6-4-2/h29,37H,3-28H2,1-2H3/q-1. The smallest absolute Gasteiger partial charge is 0.306 e. The van der Waals surface area contributed by atoms with E-state index in [0.717, 1.165) is 25.7 Å². The third-order valence-electron chi connectivity index (χ3n) is 6.97. The van der Waals surface area contributed by atoms with Crippen molar-refractivity contribution < 1.29 is 23.6 Å². The van der Waals surface area contributed by atoms with Gasteiger partial charge < -0.3 is 23.5 Å². The summed E-state index contributed by atoms with van der Waals surface area (Å²) in [7, 11) is 2.97. The normalized spacial score (nSPS) is 12.0. The van der Waals surface area contributed by atoms with E-state index in [4.69, 9.17) is 14.0 Å². The molecular weight excluding hydrogens is 483 g/mol. The molecule has 0 amide bonds. The Balaban J connectivity index is 3.68. The van der Waals surface area contributed by atoms with Crippen LogP contribution in [-0.2, 0) is 23.6 Å². The summed E-state index contributed by atoms with van der Waals surface area (Å²) in [6.07, 6.45) is 27.7. The minimum atomic E-state index is -0.570. The van der Waals surface area contributed by atoms with Crippen LogP contribution in [-0.4, -0.2) is 31.3 Å². The molecule has 0 N–H and O–H groups in total. The number of ether oxygens (including phenoxy) is 2. The zero-order valence-electron chi connectivity index (χ0n) is 24.5. The Bertz CT molecular complexity index is 500. The fourth-order valence-electron chi connectivity index (χ4n) is 4.58. The van der Waals surface area contributed by atoms with Gasteiger partial charge in [-0.15, -0.1) is 0 Å². The van der Waals surface area contributed by atoms with Crippen molar-refractivity contribution in [2.24, 2.45) is 0 Å². The monoisotopic (exact) mass is 543 g/mol. The molecule has 0 fully saturated rings. The van der Waals surface area contributed by atoms with E-state index in [-0.39, 0.29) is 25.2 Å². The first kappa shape index (κ1) is 36.3. The number of hydrogen-bond acceptors (Lipinski definition) is 5. The van der Waals surface area contributed by atoms with Crippen LogP contribution >= 0.6 is 9.47 Å². The van der Waals surface area contributed by atoms with Crippen molar-refractivity contribution in [1.29, 1.82) is 0 Å².